The van der Waals surface area contributed by atoms with E-state index >= 15 is 0 Å². The van der Waals surface area contributed by atoms with Gasteiger partial charge in [-0.15, -0.1) is 0 Å². The van der Waals surface area contributed by atoms with Gasteiger partial charge in [-0.05, 0) is 36.8 Å². The molecule has 3 nitrogen and oxygen atoms in total. The molecule has 0 bridgehead atoms. The Bertz CT molecular complexity index is 1040. The summed E-state index contributed by atoms with van der Waals surface area (Å²) in [5.74, 6) is 0.910. The summed E-state index contributed by atoms with van der Waals surface area (Å²) in [6.07, 6.45) is 0.624. The molecule has 27 heavy (non-hydrogen) atoms. The molecule has 0 spiro atoms. The number of nitrogens with zero attached hydrogens (tertiary/aromatic N) is 3. The summed E-state index contributed by atoms with van der Waals surface area (Å²) < 4.78 is 0. The van der Waals surface area contributed by atoms with Gasteiger partial charge in [-0.3, -0.25) is 4.99 Å². The molecule has 134 valence electrons. The van der Waals surface area contributed by atoms with Gasteiger partial charge in [0.15, 0.2) is 0 Å². The molecule has 0 N–H and O–H groups in total. The van der Waals surface area contributed by atoms with Crippen molar-refractivity contribution in [1.82, 2.24) is 0 Å². The molecule has 0 fully saturated rings. The van der Waals surface area contributed by atoms with Gasteiger partial charge in [0.25, 0.3) is 0 Å². The Morgan fingerprint density at radius 3 is 2.15 bits per heavy atom. The van der Waals surface area contributed by atoms with Gasteiger partial charge in [0, 0.05) is 13.5 Å². The summed E-state index contributed by atoms with van der Waals surface area (Å²) >= 11 is 6.42. The van der Waals surface area contributed by atoms with Crippen LogP contribution in [0.2, 0.25) is 5.02 Å². The van der Waals surface area contributed by atoms with Crippen molar-refractivity contribution in [1.29, 1.82) is 0 Å². The molecule has 0 saturated heterocycles. The van der Waals surface area contributed by atoms with E-state index in [1.807, 2.05) is 60.5 Å². The number of amidine groups is 1. The number of aryl methyl sites for hydroxylation is 1. The Labute approximate surface area is 164 Å². The molecular formula is C23H20ClN3. The fourth-order valence-corrected chi connectivity index (χ4v) is 3.40. The van der Waals surface area contributed by atoms with E-state index in [4.69, 9.17) is 21.6 Å². The third-order valence-corrected chi connectivity index (χ3v) is 5.02. The lowest BCUT2D eigenvalue weighted by Gasteiger charge is -2.22. The summed E-state index contributed by atoms with van der Waals surface area (Å²) in [7, 11) is 2.00. The van der Waals surface area contributed by atoms with E-state index in [0.717, 1.165) is 34.2 Å². The van der Waals surface area contributed by atoms with Crippen LogP contribution in [0.4, 0.5) is 17.1 Å². The molecule has 3 aromatic rings. The Balaban J connectivity index is 1.81. The quantitative estimate of drug-likeness (QED) is 0.515. The Morgan fingerprint density at radius 2 is 1.44 bits per heavy atom. The van der Waals surface area contributed by atoms with Crippen molar-refractivity contribution in [2.75, 3.05) is 11.9 Å². The van der Waals surface area contributed by atoms with Crippen LogP contribution < -0.4 is 4.90 Å². The van der Waals surface area contributed by atoms with E-state index in [0.29, 0.717) is 11.4 Å². The Kier molecular flexibility index (Phi) is 4.78. The molecule has 0 amide bonds. The monoisotopic (exact) mass is 373 g/mol. The zero-order valence-electron chi connectivity index (χ0n) is 15.4. The van der Waals surface area contributed by atoms with Gasteiger partial charge in [0.1, 0.15) is 5.84 Å². The van der Waals surface area contributed by atoms with Crippen molar-refractivity contribution in [3.63, 3.8) is 0 Å². The Morgan fingerprint density at radius 1 is 0.815 bits per heavy atom. The van der Waals surface area contributed by atoms with Gasteiger partial charge in [-0.2, -0.15) is 0 Å². The van der Waals surface area contributed by atoms with Crippen LogP contribution in [-0.4, -0.2) is 18.6 Å². The van der Waals surface area contributed by atoms with E-state index in [2.05, 4.69) is 31.2 Å². The fourth-order valence-electron chi connectivity index (χ4n) is 3.14. The van der Waals surface area contributed by atoms with Crippen LogP contribution in [0.3, 0.4) is 0 Å². The molecule has 0 aliphatic carbocycles. The van der Waals surface area contributed by atoms with Crippen LogP contribution in [0.25, 0.3) is 0 Å². The molecule has 0 saturated carbocycles. The minimum absolute atomic E-state index is 0.624. The number of aliphatic imine (C=N–C) groups is 2. The van der Waals surface area contributed by atoms with Crippen molar-refractivity contribution in [3.05, 3.63) is 88.9 Å². The smallest absolute Gasteiger partial charge is 0.115 e. The second-order valence-electron chi connectivity index (χ2n) is 6.63. The van der Waals surface area contributed by atoms with E-state index in [-0.39, 0.29) is 0 Å². The zero-order valence-corrected chi connectivity index (χ0v) is 16.1. The zero-order chi connectivity index (χ0) is 18.8. The lowest BCUT2D eigenvalue weighted by molar-refractivity contribution is 1.21. The molecule has 0 atom stereocenters. The van der Waals surface area contributed by atoms with E-state index in [1.54, 1.807) is 0 Å². The maximum absolute atomic E-state index is 6.42. The summed E-state index contributed by atoms with van der Waals surface area (Å²) in [6, 6.07) is 24.3. The highest BCUT2D eigenvalue weighted by Crippen LogP contribution is 2.33. The molecule has 1 aliphatic heterocycles. The first kappa shape index (κ1) is 17.5. The number of fused-ring (bicyclic) bond motifs is 1. The third-order valence-electron chi connectivity index (χ3n) is 4.70. The summed E-state index contributed by atoms with van der Waals surface area (Å²) in [5, 5.41) is 0.703. The van der Waals surface area contributed by atoms with Crippen molar-refractivity contribution in [2.45, 2.75) is 13.3 Å². The number of hydrogen-bond acceptors (Lipinski definition) is 3. The normalized spacial score (nSPS) is 13.3. The predicted octanol–water partition coefficient (Wildman–Crippen LogP) is 6.34. The molecule has 0 unspecified atom stereocenters. The standard InChI is InChI=1S/C23H20ClN3/c1-16-11-13-17(14-12-16)21-15-23(26-20-9-5-4-8-19(20)25-21)27(2)22-10-6-3-7-18(22)24/h3-14H,15H2,1-2H3. The van der Waals surface area contributed by atoms with Crippen LogP contribution in [-0.2, 0) is 0 Å². The fraction of sp³-hybridized carbons (Fsp3) is 0.130. The number of anilines is 1. The molecule has 4 heteroatoms. The molecule has 4 rings (SSSR count). The van der Waals surface area contributed by atoms with E-state index in [9.17, 15) is 0 Å². The SMILES string of the molecule is Cc1ccc(C2=Nc3ccccc3N=C(N(C)c3ccccc3Cl)C2)cc1. The van der Waals surface area contributed by atoms with Crippen molar-refractivity contribution < 1.29 is 0 Å². The first-order chi connectivity index (χ1) is 13.1. The van der Waals surface area contributed by atoms with Crippen molar-refractivity contribution >= 4 is 40.2 Å². The lowest BCUT2D eigenvalue weighted by Crippen LogP contribution is -2.28. The number of hydrogen-bond donors (Lipinski definition) is 0. The van der Waals surface area contributed by atoms with Gasteiger partial charge >= 0.3 is 0 Å². The first-order valence-corrected chi connectivity index (χ1v) is 9.29. The molecule has 0 radical (unpaired) electrons. The van der Waals surface area contributed by atoms with E-state index in [1.165, 1.54) is 5.56 Å². The van der Waals surface area contributed by atoms with Crippen LogP contribution >= 0.6 is 11.6 Å². The minimum atomic E-state index is 0.624. The van der Waals surface area contributed by atoms with Crippen LogP contribution in [0.15, 0.2) is 82.8 Å². The van der Waals surface area contributed by atoms with Crippen LogP contribution in [0.1, 0.15) is 17.5 Å². The molecular weight excluding hydrogens is 354 g/mol. The average Bonchev–Trinajstić information content (AvgIpc) is 2.88. The molecule has 3 aromatic carbocycles. The molecule has 1 heterocycles. The molecule has 1 aliphatic rings. The van der Waals surface area contributed by atoms with Crippen molar-refractivity contribution in [2.24, 2.45) is 9.98 Å². The highest BCUT2D eigenvalue weighted by molar-refractivity contribution is 6.34. The van der Waals surface area contributed by atoms with Gasteiger partial charge in [-0.1, -0.05) is 65.7 Å². The highest BCUT2D eigenvalue weighted by atomic mass is 35.5. The topological polar surface area (TPSA) is 28.0 Å². The number of benzene rings is 3. The van der Waals surface area contributed by atoms with Crippen molar-refractivity contribution in [3.8, 4) is 0 Å². The van der Waals surface area contributed by atoms with Crippen LogP contribution in [0.5, 0.6) is 0 Å². The van der Waals surface area contributed by atoms with E-state index < -0.39 is 0 Å². The number of para-hydroxylation sites is 3. The third kappa shape index (κ3) is 3.64. The Hall–Kier alpha value is -2.91. The van der Waals surface area contributed by atoms with Gasteiger partial charge in [-0.25, -0.2) is 4.99 Å². The summed E-state index contributed by atoms with van der Waals surface area (Å²) in [6.45, 7) is 2.09. The largest absolute Gasteiger partial charge is 0.331 e. The maximum atomic E-state index is 6.42. The molecule has 0 aromatic heterocycles. The number of rotatable bonds is 2. The predicted molar refractivity (Wildman–Crippen MR) is 115 cm³/mol. The summed E-state index contributed by atoms with van der Waals surface area (Å²) in [4.78, 5) is 11.9. The second kappa shape index (κ2) is 7.37. The summed E-state index contributed by atoms with van der Waals surface area (Å²) in [5.41, 5.74) is 6.02. The highest BCUT2D eigenvalue weighted by Gasteiger charge is 2.19. The lowest BCUT2D eigenvalue weighted by atomic mass is 10.0. The maximum Gasteiger partial charge on any atom is 0.115 e. The number of halogens is 1. The van der Waals surface area contributed by atoms with Gasteiger partial charge in [0.2, 0.25) is 0 Å². The van der Waals surface area contributed by atoms with Crippen LogP contribution in [0, 0.1) is 6.92 Å². The minimum Gasteiger partial charge on any atom is -0.331 e. The first-order valence-electron chi connectivity index (χ1n) is 8.91. The van der Waals surface area contributed by atoms with Gasteiger partial charge < -0.3 is 4.90 Å². The average molecular weight is 374 g/mol. The van der Waals surface area contributed by atoms with Gasteiger partial charge in [0.05, 0.1) is 27.8 Å². The second-order valence-corrected chi connectivity index (χ2v) is 7.04.